The normalized spacial score (nSPS) is 15.3. The van der Waals surface area contributed by atoms with Gasteiger partial charge in [0, 0.05) is 37.9 Å². The van der Waals surface area contributed by atoms with Gasteiger partial charge < -0.3 is 25.3 Å². The van der Waals surface area contributed by atoms with Crippen LogP contribution in [0.25, 0.3) is 17.2 Å². The summed E-state index contributed by atoms with van der Waals surface area (Å²) in [5.74, 6) is -0.155. The van der Waals surface area contributed by atoms with Gasteiger partial charge in [-0.25, -0.2) is 14.8 Å². The lowest BCUT2D eigenvalue weighted by Gasteiger charge is -2.36. The minimum atomic E-state index is -0.802. The maximum absolute atomic E-state index is 12.2. The fourth-order valence-corrected chi connectivity index (χ4v) is 2.92. The highest BCUT2D eigenvalue weighted by Gasteiger charge is 2.26. The molecule has 2 aromatic heterocycles. The van der Waals surface area contributed by atoms with E-state index < -0.39 is 11.5 Å². The number of nitriles is 1. The molecule has 1 aliphatic heterocycles. The minimum absolute atomic E-state index is 0.163. The maximum atomic E-state index is 12.2. The summed E-state index contributed by atoms with van der Waals surface area (Å²) >= 11 is 0. The number of fused-ring (bicyclic) bond motifs is 1. The number of nitrogens with one attached hydrogen (secondary N) is 1. The number of hydrogen-bond acceptors (Lipinski definition) is 7. The zero-order chi connectivity index (χ0) is 21.2. The van der Waals surface area contributed by atoms with E-state index >= 15 is 0 Å². The Morgan fingerprint density at radius 2 is 2.00 bits per heavy atom. The lowest BCUT2D eigenvalue weighted by molar-refractivity contribution is -0.114. The fraction of sp³-hybridized carbons (Fsp3) is 0.421. The number of nitrogens with zero attached hydrogens (tertiary/aromatic N) is 5. The third kappa shape index (κ3) is 4.63. The van der Waals surface area contributed by atoms with Gasteiger partial charge in [-0.2, -0.15) is 5.26 Å². The van der Waals surface area contributed by atoms with Crippen LogP contribution in [0.1, 0.15) is 26.3 Å². The number of aromatic nitrogens is 3. The molecule has 0 unspecified atom stereocenters. The van der Waals surface area contributed by atoms with Gasteiger partial charge in [-0.3, -0.25) is 4.79 Å². The molecule has 152 valence electrons. The van der Waals surface area contributed by atoms with Crippen molar-refractivity contribution in [3.63, 3.8) is 0 Å². The molecule has 29 heavy (non-hydrogen) atoms. The van der Waals surface area contributed by atoms with E-state index in [0.717, 1.165) is 0 Å². The molecule has 3 heterocycles. The molecule has 3 N–H and O–H groups in total. The number of amides is 2. The Kier molecular flexibility index (Phi) is 5.41. The lowest BCUT2D eigenvalue weighted by atomic mass is 10.2. The predicted octanol–water partition coefficient (Wildman–Crippen LogP) is 1.41. The summed E-state index contributed by atoms with van der Waals surface area (Å²) < 4.78 is 5.41. The van der Waals surface area contributed by atoms with E-state index in [1.54, 1.807) is 23.4 Å². The molecule has 10 nitrogen and oxygen atoms in total. The SMILES string of the molecule is CC(C)(C)OC(=O)N1CCN(c2cnc3[nH]cc(/C=C(\C#N)C(N)=O)c3n2)CC1. The van der Waals surface area contributed by atoms with Gasteiger partial charge in [-0.05, 0) is 26.8 Å². The van der Waals surface area contributed by atoms with Gasteiger partial charge in [0.1, 0.15) is 28.6 Å². The fourth-order valence-electron chi connectivity index (χ4n) is 2.92. The Balaban J connectivity index is 1.77. The number of piperazine rings is 1. The predicted molar refractivity (Wildman–Crippen MR) is 107 cm³/mol. The van der Waals surface area contributed by atoms with E-state index in [1.807, 2.05) is 25.7 Å². The van der Waals surface area contributed by atoms with Crippen LogP contribution < -0.4 is 10.6 Å². The Morgan fingerprint density at radius 1 is 1.31 bits per heavy atom. The second-order valence-corrected chi connectivity index (χ2v) is 7.66. The Morgan fingerprint density at radius 3 is 2.59 bits per heavy atom. The molecular weight excluding hydrogens is 374 g/mol. The molecule has 10 heteroatoms. The van der Waals surface area contributed by atoms with Gasteiger partial charge >= 0.3 is 6.09 Å². The molecule has 0 saturated carbocycles. The zero-order valence-electron chi connectivity index (χ0n) is 16.6. The number of ether oxygens (including phenoxy) is 1. The largest absolute Gasteiger partial charge is 0.444 e. The van der Waals surface area contributed by atoms with E-state index in [2.05, 4.69) is 15.0 Å². The van der Waals surface area contributed by atoms with Crippen molar-refractivity contribution in [2.24, 2.45) is 5.73 Å². The number of carbonyl (C=O) groups excluding carboxylic acids is 2. The van der Waals surface area contributed by atoms with Crippen molar-refractivity contribution in [1.82, 2.24) is 19.9 Å². The second kappa shape index (κ2) is 7.79. The molecule has 2 amide bonds. The first-order valence-corrected chi connectivity index (χ1v) is 9.16. The van der Waals surface area contributed by atoms with Gasteiger partial charge in [0.05, 0.1) is 6.20 Å². The second-order valence-electron chi connectivity index (χ2n) is 7.66. The van der Waals surface area contributed by atoms with Gasteiger partial charge in [-0.15, -0.1) is 0 Å². The average molecular weight is 397 g/mol. The highest BCUT2D eigenvalue weighted by atomic mass is 16.6. The van der Waals surface area contributed by atoms with Crippen LogP contribution in [0.2, 0.25) is 0 Å². The molecule has 0 aliphatic carbocycles. The Bertz CT molecular complexity index is 1000. The topological polar surface area (TPSA) is 141 Å². The number of H-pyrrole nitrogens is 1. The monoisotopic (exact) mass is 397 g/mol. The van der Waals surface area contributed by atoms with E-state index in [4.69, 9.17) is 15.7 Å². The van der Waals surface area contributed by atoms with Gasteiger partial charge in [0.15, 0.2) is 5.65 Å². The van der Waals surface area contributed by atoms with Crippen molar-refractivity contribution >= 4 is 35.1 Å². The van der Waals surface area contributed by atoms with Crippen LogP contribution in [-0.2, 0) is 9.53 Å². The van der Waals surface area contributed by atoms with Crippen molar-refractivity contribution in [3.8, 4) is 6.07 Å². The highest BCUT2D eigenvalue weighted by molar-refractivity contribution is 6.02. The van der Waals surface area contributed by atoms with Crippen LogP contribution in [0.15, 0.2) is 18.0 Å². The number of primary amides is 1. The van der Waals surface area contributed by atoms with Crippen LogP contribution in [0.5, 0.6) is 0 Å². The van der Waals surface area contributed by atoms with Crippen LogP contribution in [0.4, 0.5) is 10.6 Å². The Labute approximate surface area is 167 Å². The van der Waals surface area contributed by atoms with Crippen molar-refractivity contribution in [3.05, 3.63) is 23.5 Å². The van der Waals surface area contributed by atoms with Crippen LogP contribution >= 0.6 is 0 Å². The molecule has 1 saturated heterocycles. The lowest BCUT2D eigenvalue weighted by Crippen LogP contribution is -2.50. The quantitative estimate of drug-likeness (QED) is 0.589. The van der Waals surface area contributed by atoms with Crippen LogP contribution in [0, 0.1) is 11.3 Å². The molecule has 0 aromatic carbocycles. The first kappa shape index (κ1) is 20.1. The summed E-state index contributed by atoms with van der Waals surface area (Å²) in [6, 6.07) is 1.78. The number of aromatic amines is 1. The first-order valence-electron chi connectivity index (χ1n) is 9.16. The maximum Gasteiger partial charge on any atom is 0.410 e. The standard InChI is InChI=1S/C19H23N7O3/c1-19(2,3)29-18(28)26-6-4-25(5-7-26)14-11-23-17-15(24-14)13(10-22-17)8-12(9-20)16(21)27/h8,10-11H,4-7H2,1-3H3,(H2,21,27)(H,22,23)/b12-8+. The molecular formula is C19H23N7O3. The van der Waals surface area contributed by atoms with E-state index in [0.29, 0.717) is 48.7 Å². The van der Waals surface area contributed by atoms with E-state index in [9.17, 15) is 9.59 Å². The van der Waals surface area contributed by atoms with Crippen molar-refractivity contribution in [2.75, 3.05) is 31.1 Å². The first-order chi connectivity index (χ1) is 13.7. The summed E-state index contributed by atoms with van der Waals surface area (Å²) in [5, 5.41) is 9.05. The summed E-state index contributed by atoms with van der Waals surface area (Å²) in [7, 11) is 0. The number of rotatable bonds is 3. The van der Waals surface area contributed by atoms with Crippen molar-refractivity contribution < 1.29 is 14.3 Å². The summed E-state index contributed by atoms with van der Waals surface area (Å²) in [6.07, 6.45) is 4.33. The molecule has 0 radical (unpaired) electrons. The third-order valence-electron chi connectivity index (χ3n) is 4.34. The molecule has 3 rings (SSSR count). The number of carbonyl (C=O) groups is 2. The summed E-state index contributed by atoms with van der Waals surface area (Å²) in [4.78, 5) is 39.2. The molecule has 1 fully saturated rings. The zero-order valence-corrected chi connectivity index (χ0v) is 16.6. The molecule has 1 aliphatic rings. The Hall–Kier alpha value is -3.61. The van der Waals surface area contributed by atoms with E-state index in [1.165, 1.54) is 6.08 Å². The van der Waals surface area contributed by atoms with Crippen LogP contribution in [-0.4, -0.2) is 63.6 Å². The van der Waals surface area contributed by atoms with Crippen molar-refractivity contribution in [2.45, 2.75) is 26.4 Å². The van der Waals surface area contributed by atoms with Gasteiger partial charge in [-0.1, -0.05) is 0 Å². The molecule has 0 spiro atoms. The third-order valence-corrected chi connectivity index (χ3v) is 4.34. The molecule has 0 atom stereocenters. The molecule has 0 bridgehead atoms. The number of hydrogen-bond donors (Lipinski definition) is 2. The smallest absolute Gasteiger partial charge is 0.410 e. The number of nitrogens with two attached hydrogens (primary N) is 1. The van der Waals surface area contributed by atoms with Crippen LogP contribution in [0.3, 0.4) is 0 Å². The summed E-state index contributed by atoms with van der Waals surface area (Å²) in [5.41, 5.74) is 6.13. The van der Waals surface area contributed by atoms with Gasteiger partial charge in [0.25, 0.3) is 5.91 Å². The highest BCUT2D eigenvalue weighted by Crippen LogP contribution is 2.22. The van der Waals surface area contributed by atoms with E-state index in [-0.39, 0.29) is 11.7 Å². The van der Waals surface area contributed by atoms with Crippen molar-refractivity contribution in [1.29, 1.82) is 5.26 Å². The number of anilines is 1. The average Bonchev–Trinajstić information content (AvgIpc) is 3.06. The summed E-state index contributed by atoms with van der Waals surface area (Å²) in [6.45, 7) is 7.70. The molecule has 2 aromatic rings. The minimum Gasteiger partial charge on any atom is -0.444 e. The van der Waals surface area contributed by atoms with Gasteiger partial charge in [0.2, 0.25) is 0 Å².